The highest BCUT2D eigenvalue weighted by atomic mass is 79.9. The van der Waals surface area contributed by atoms with E-state index in [1.807, 2.05) is 36.4 Å². The highest BCUT2D eigenvalue weighted by Crippen LogP contribution is 2.41. The molecule has 0 radical (unpaired) electrons. The monoisotopic (exact) mass is 437 g/mol. The van der Waals surface area contributed by atoms with Gasteiger partial charge < -0.3 is 9.29 Å². The van der Waals surface area contributed by atoms with E-state index in [9.17, 15) is 5.39 Å². The molecule has 1 N–H and O–H groups in total. The van der Waals surface area contributed by atoms with Gasteiger partial charge in [-0.1, -0.05) is 18.2 Å². The summed E-state index contributed by atoms with van der Waals surface area (Å²) in [6.45, 7) is 0. The Kier molecular flexibility index (Phi) is 6.23. The van der Waals surface area contributed by atoms with E-state index in [0.29, 0.717) is 11.4 Å². The lowest BCUT2D eigenvalue weighted by molar-refractivity contribution is 0.366. The van der Waals surface area contributed by atoms with E-state index in [4.69, 9.17) is 22.3 Å². The Morgan fingerprint density at radius 1 is 1.23 bits per heavy atom. The van der Waals surface area contributed by atoms with Crippen molar-refractivity contribution >= 4 is 42.9 Å². The molecule has 3 aromatic rings. The number of diazo groups is 1. The second kappa shape index (κ2) is 8.20. The van der Waals surface area contributed by atoms with Crippen LogP contribution in [0.5, 0.6) is 5.75 Å². The van der Waals surface area contributed by atoms with Crippen molar-refractivity contribution in [1.82, 2.24) is 4.98 Å². The molecular formula is C16H12BrN3O5S. The SMILES string of the molecule is COc1c(Br)cc(-c2ccccc2[N+]#N)c2cccnc12.O=S(=O)([O-])O. The molecule has 10 heteroatoms. The van der Waals surface area contributed by atoms with Gasteiger partial charge in [0.05, 0.1) is 17.1 Å². The third-order valence-corrected chi connectivity index (χ3v) is 3.90. The topological polar surface area (TPSA) is 128 Å². The average molecular weight is 438 g/mol. The van der Waals surface area contributed by atoms with Gasteiger partial charge in [-0.25, -0.2) is 8.42 Å². The smallest absolute Gasteiger partial charge is 0.392 e. The summed E-state index contributed by atoms with van der Waals surface area (Å²) in [6.07, 6.45) is 1.73. The Bertz CT molecular complexity index is 1090. The minimum Gasteiger partial charge on any atom is -0.726 e. The zero-order chi connectivity index (χ0) is 19.3. The van der Waals surface area contributed by atoms with Crippen molar-refractivity contribution in [2.45, 2.75) is 0 Å². The Hall–Kier alpha value is -2.58. The van der Waals surface area contributed by atoms with Crippen LogP contribution in [0.2, 0.25) is 0 Å². The van der Waals surface area contributed by atoms with Crippen LogP contribution in [0, 0.1) is 5.39 Å². The van der Waals surface area contributed by atoms with E-state index in [1.165, 1.54) is 0 Å². The first-order valence-corrected chi connectivity index (χ1v) is 9.16. The van der Waals surface area contributed by atoms with E-state index < -0.39 is 10.4 Å². The Morgan fingerprint density at radius 2 is 1.88 bits per heavy atom. The summed E-state index contributed by atoms with van der Waals surface area (Å²) < 4.78 is 39.1. The fourth-order valence-corrected chi connectivity index (χ4v) is 2.97. The summed E-state index contributed by atoms with van der Waals surface area (Å²) in [5, 5.41) is 10.1. The molecule has 0 amide bonds. The Balaban J connectivity index is 0.000000431. The van der Waals surface area contributed by atoms with Crippen LogP contribution >= 0.6 is 15.9 Å². The molecule has 0 spiro atoms. The predicted molar refractivity (Wildman–Crippen MR) is 98.5 cm³/mol. The number of nitrogens with zero attached hydrogens (tertiary/aromatic N) is 3. The number of halogens is 1. The van der Waals surface area contributed by atoms with Crippen molar-refractivity contribution in [2.24, 2.45) is 0 Å². The van der Waals surface area contributed by atoms with Crippen LogP contribution in [0.3, 0.4) is 0 Å². The van der Waals surface area contributed by atoms with Gasteiger partial charge in [0.1, 0.15) is 5.52 Å². The van der Waals surface area contributed by atoms with Gasteiger partial charge in [-0.15, -0.1) is 0 Å². The number of methoxy groups -OCH3 is 1. The van der Waals surface area contributed by atoms with Gasteiger partial charge in [0.15, 0.2) is 10.7 Å². The molecule has 8 nitrogen and oxygen atoms in total. The molecule has 0 aliphatic heterocycles. The lowest BCUT2D eigenvalue weighted by atomic mass is 9.99. The van der Waals surface area contributed by atoms with Gasteiger partial charge in [0.2, 0.25) is 15.8 Å². The van der Waals surface area contributed by atoms with E-state index in [2.05, 4.69) is 25.9 Å². The second-order valence-electron chi connectivity index (χ2n) is 4.88. The third kappa shape index (κ3) is 4.74. The second-order valence-corrected chi connectivity index (χ2v) is 6.59. The number of hydrogen-bond acceptors (Lipinski definition) is 6. The number of rotatable bonds is 2. The number of pyridine rings is 1. The summed E-state index contributed by atoms with van der Waals surface area (Å²) in [4.78, 5) is 7.77. The first-order chi connectivity index (χ1) is 12.3. The van der Waals surface area contributed by atoms with Crippen molar-refractivity contribution in [3.8, 4) is 16.9 Å². The lowest BCUT2D eigenvalue weighted by Gasteiger charge is -2.11. The van der Waals surface area contributed by atoms with E-state index in [-0.39, 0.29) is 0 Å². The molecule has 0 fully saturated rings. The molecule has 2 aromatic carbocycles. The van der Waals surface area contributed by atoms with Crippen LogP contribution in [0.1, 0.15) is 0 Å². The maximum absolute atomic E-state index is 9.19. The molecule has 1 aromatic heterocycles. The number of hydrogen-bond donors (Lipinski definition) is 1. The first kappa shape index (κ1) is 19.7. The highest BCUT2D eigenvalue weighted by Gasteiger charge is 2.19. The van der Waals surface area contributed by atoms with Crippen molar-refractivity contribution < 1.29 is 22.3 Å². The minimum absolute atomic E-state index is 0.514. The number of fused-ring (bicyclic) bond motifs is 1. The van der Waals surface area contributed by atoms with Gasteiger partial charge in [-0.05, 0) is 34.1 Å². The fraction of sp³-hybridized carbons (Fsp3) is 0.0625. The molecular weight excluding hydrogens is 426 g/mol. The molecule has 3 rings (SSSR count). The quantitative estimate of drug-likeness (QED) is 0.361. The summed E-state index contributed by atoms with van der Waals surface area (Å²) in [6, 6.07) is 13.2. The first-order valence-electron chi connectivity index (χ1n) is 7.00. The minimum atomic E-state index is -4.92. The van der Waals surface area contributed by atoms with E-state index >= 15 is 0 Å². The molecule has 0 saturated carbocycles. The Morgan fingerprint density at radius 3 is 2.50 bits per heavy atom. The average Bonchev–Trinajstić information content (AvgIpc) is 2.59. The standard InChI is InChI=1S/C16H11BrN3O.H2O4S/c1-21-16-13(17)9-12(11-6-4-8-19-15(11)16)10-5-2-3-7-14(10)20-18;1-5(2,3)4/h2-9H,1H3;(H2,1,2,3,4)/q+1;/p-1. The maximum atomic E-state index is 9.19. The van der Waals surface area contributed by atoms with Crippen LogP contribution in [0.25, 0.3) is 27.0 Å². The summed E-state index contributed by atoms with van der Waals surface area (Å²) in [7, 11) is -3.30. The van der Waals surface area contributed by atoms with Gasteiger partial charge in [-0.2, -0.15) is 0 Å². The summed E-state index contributed by atoms with van der Waals surface area (Å²) >= 11 is 3.51. The molecule has 26 heavy (non-hydrogen) atoms. The fourth-order valence-electron chi connectivity index (χ4n) is 2.39. The number of ether oxygens (including phenoxy) is 1. The molecule has 0 unspecified atom stereocenters. The van der Waals surface area contributed by atoms with Crippen molar-refractivity contribution in [3.05, 3.63) is 58.1 Å². The molecule has 0 saturated heterocycles. The van der Waals surface area contributed by atoms with Gasteiger partial charge in [0, 0.05) is 23.2 Å². The van der Waals surface area contributed by atoms with Gasteiger partial charge in [0.25, 0.3) is 0 Å². The van der Waals surface area contributed by atoms with Crippen molar-refractivity contribution in [3.63, 3.8) is 0 Å². The summed E-state index contributed by atoms with van der Waals surface area (Å²) in [5.41, 5.74) is 3.04. The van der Waals surface area contributed by atoms with Crippen LogP contribution < -0.4 is 4.74 Å². The van der Waals surface area contributed by atoms with Crippen LogP contribution in [0.4, 0.5) is 5.69 Å². The molecule has 1 heterocycles. The maximum Gasteiger partial charge on any atom is 0.392 e. The van der Waals surface area contributed by atoms with Gasteiger partial charge in [-0.3, -0.25) is 9.54 Å². The highest BCUT2D eigenvalue weighted by molar-refractivity contribution is 9.10. The largest absolute Gasteiger partial charge is 0.726 e. The third-order valence-electron chi connectivity index (χ3n) is 3.31. The van der Waals surface area contributed by atoms with Crippen molar-refractivity contribution in [2.75, 3.05) is 7.11 Å². The molecule has 134 valence electrons. The summed E-state index contributed by atoms with van der Waals surface area (Å²) in [5.74, 6) is 0.688. The molecule has 0 atom stereocenters. The molecule has 0 aliphatic carbocycles. The zero-order valence-electron chi connectivity index (χ0n) is 13.3. The van der Waals surface area contributed by atoms with Crippen LogP contribution in [0.15, 0.2) is 53.1 Å². The zero-order valence-corrected chi connectivity index (χ0v) is 15.7. The van der Waals surface area contributed by atoms with E-state index in [0.717, 1.165) is 26.5 Å². The number of benzene rings is 2. The van der Waals surface area contributed by atoms with Crippen molar-refractivity contribution in [1.29, 1.82) is 5.39 Å². The van der Waals surface area contributed by atoms with E-state index in [1.54, 1.807) is 19.4 Å². The van der Waals surface area contributed by atoms with Crippen LogP contribution in [-0.4, -0.2) is 29.6 Å². The normalized spacial score (nSPS) is 10.6. The molecule has 0 aliphatic rings. The molecule has 0 bridgehead atoms. The predicted octanol–water partition coefficient (Wildman–Crippen LogP) is 4.16. The van der Waals surface area contributed by atoms with Gasteiger partial charge >= 0.3 is 5.69 Å². The van der Waals surface area contributed by atoms with Crippen LogP contribution in [-0.2, 0) is 10.4 Å². The Labute approximate surface area is 157 Å². The number of aromatic nitrogens is 1. The lowest BCUT2D eigenvalue weighted by Crippen LogP contribution is -1.91.